The molecular weight excluding hydrogens is 398 g/mol. The van der Waals surface area contributed by atoms with Crippen molar-refractivity contribution in [2.24, 2.45) is 0 Å². The third-order valence-corrected chi connectivity index (χ3v) is 3.97. The van der Waals surface area contributed by atoms with Crippen LogP contribution in [0.5, 0.6) is 0 Å². The lowest BCUT2D eigenvalue weighted by Gasteiger charge is -2.08. The Morgan fingerprint density at radius 3 is 2.33 bits per heavy atom. The SMILES string of the molecule is CCC(=O)Nc1ccc(C(=O)COC(=O)CCNC(=O)c2ccc(F)cc2F)cc1. The summed E-state index contributed by atoms with van der Waals surface area (Å²) in [6.45, 7) is 1.09. The minimum absolute atomic E-state index is 0.144. The number of ether oxygens (including phenoxy) is 1. The van der Waals surface area contributed by atoms with Gasteiger partial charge in [-0.2, -0.15) is 0 Å². The molecule has 2 aromatic rings. The van der Waals surface area contributed by atoms with E-state index in [0.29, 0.717) is 23.7 Å². The van der Waals surface area contributed by atoms with Crippen LogP contribution >= 0.6 is 0 Å². The second-order valence-corrected chi connectivity index (χ2v) is 6.19. The normalized spacial score (nSPS) is 10.2. The smallest absolute Gasteiger partial charge is 0.308 e. The summed E-state index contributed by atoms with van der Waals surface area (Å²) in [5.41, 5.74) is 0.500. The molecule has 0 aliphatic heterocycles. The van der Waals surface area contributed by atoms with Crippen molar-refractivity contribution >= 4 is 29.3 Å². The summed E-state index contributed by atoms with van der Waals surface area (Å²) in [6.07, 6.45) is 0.0970. The molecule has 0 aliphatic rings. The number of carbonyl (C=O) groups is 4. The van der Waals surface area contributed by atoms with E-state index in [9.17, 15) is 28.0 Å². The van der Waals surface area contributed by atoms with E-state index in [4.69, 9.17) is 4.74 Å². The number of anilines is 1. The average Bonchev–Trinajstić information content (AvgIpc) is 2.72. The van der Waals surface area contributed by atoms with E-state index >= 15 is 0 Å². The molecule has 2 rings (SSSR count). The number of esters is 1. The van der Waals surface area contributed by atoms with Crippen LogP contribution in [0, 0.1) is 11.6 Å². The Labute approximate surface area is 171 Å². The molecule has 0 saturated carbocycles. The number of carbonyl (C=O) groups excluding carboxylic acids is 4. The van der Waals surface area contributed by atoms with Crippen molar-refractivity contribution in [2.75, 3.05) is 18.5 Å². The fourth-order valence-corrected chi connectivity index (χ4v) is 2.34. The number of benzene rings is 2. The van der Waals surface area contributed by atoms with Crippen molar-refractivity contribution in [3.8, 4) is 0 Å². The number of rotatable bonds is 9. The van der Waals surface area contributed by atoms with Crippen LogP contribution in [0.25, 0.3) is 0 Å². The fourth-order valence-electron chi connectivity index (χ4n) is 2.34. The van der Waals surface area contributed by atoms with Crippen LogP contribution in [-0.4, -0.2) is 36.7 Å². The third-order valence-electron chi connectivity index (χ3n) is 3.97. The van der Waals surface area contributed by atoms with E-state index in [1.54, 1.807) is 19.1 Å². The van der Waals surface area contributed by atoms with Gasteiger partial charge >= 0.3 is 5.97 Å². The Kier molecular flexibility index (Phi) is 8.16. The van der Waals surface area contributed by atoms with Crippen LogP contribution in [0.2, 0.25) is 0 Å². The summed E-state index contributed by atoms with van der Waals surface area (Å²) >= 11 is 0. The quantitative estimate of drug-likeness (QED) is 0.482. The molecule has 7 nitrogen and oxygen atoms in total. The monoisotopic (exact) mass is 418 g/mol. The van der Waals surface area contributed by atoms with Crippen LogP contribution in [0.15, 0.2) is 42.5 Å². The van der Waals surface area contributed by atoms with Gasteiger partial charge in [-0.25, -0.2) is 8.78 Å². The maximum absolute atomic E-state index is 13.5. The van der Waals surface area contributed by atoms with E-state index in [1.165, 1.54) is 12.1 Å². The van der Waals surface area contributed by atoms with E-state index in [1.807, 2.05) is 0 Å². The van der Waals surface area contributed by atoms with Gasteiger partial charge in [0.25, 0.3) is 5.91 Å². The first-order valence-corrected chi connectivity index (χ1v) is 9.12. The van der Waals surface area contributed by atoms with Gasteiger partial charge < -0.3 is 15.4 Å². The number of amides is 2. The molecule has 158 valence electrons. The Morgan fingerprint density at radius 2 is 1.70 bits per heavy atom. The zero-order valence-corrected chi connectivity index (χ0v) is 16.2. The summed E-state index contributed by atoms with van der Waals surface area (Å²) in [4.78, 5) is 46.9. The van der Waals surface area contributed by atoms with Crippen LogP contribution in [0.3, 0.4) is 0 Å². The van der Waals surface area contributed by atoms with Crippen LogP contribution < -0.4 is 10.6 Å². The number of nitrogens with one attached hydrogen (secondary N) is 2. The summed E-state index contributed by atoms with van der Waals surface area (Å²) in [7, 11) is 0. The Balaban J connectivity index is 1.74. The van der Waals surface area contributed by atoms with Crippen LogP contribution in [0.1, 0.15) is 40.5 Å². The van der Waals surface area contributed by atoms with Gasteiger partial charge in [0.1, 0.15) is 11.6 Å². The third kappa shape index (κ3) is 6.77. The lowest BCUT2D eigenvalue weighted by molar-refractivity contribution is -0.142. The lowest BCUT2D eigenvalue weighted by atomic mass is 10.1. The first-order chi connectivity index (χ1) is 14.3. The molecule has 0 spiro atoms. The molecule has 2 amide bonds. The number of ketones is 1. The minimum Gasteiger partial charge on any atom is -0.457 e. The molecular formula is C21H20F2N2O5. The molecule has 30 heavy (non-hydrogen) atoms. The van der Waals surface area contributed by atoms with E-state index in [0.717, 1.165) is 12.1 Å². The van der Waals surface area contributed by atoms with Gasteiger partial charge in [0.2, 0.25) is 5.91 Å². The summed E-state index contributed by atoms with van der Waals surface area (Å²) in [5.74, 6) is -3.94. The van der Waals surface area contributed by atoms with Gasteiger partial charge in [-0.05, 0) is 36.4 Å². The molecule has 0 aromatic heterocycles. The molecule has 0 radical (unpaired) electrons. The van der Waals surface area contributed by atoms with Crippen molar-refractivity contribution < 1.29 is 32.7 Å². The van der Waals surface area contributed by atoms with Gasteiger partial charge in [0.05, 0.1) is 12.0 Å². The van der Waals surface area contributed by atoms with Gasteiger partial charge in [-0.3, -0.25) is 19.2 Å². The molecule has 0 unspecified atom stereocenters. The van der Waals surface area contributed by atoms with Crippen molar-refractivity contribution in [3.63, 3.8) is 0 Å². The van der Waals surface area contributed by atoms with Crippen LogP contribution in [0.4, 0.5) is 14.5 Å². The lowest BCUT2D eigenvalue weighted by Crippen LogP contribution is -2.27. The summed E-state index contributed by atoms with van der Waals surface area (Å²) < 4.78 is 31.2. The van der Waals surface area contributed by atoms with Crippen LogP contribution in [-0.2, 0) is 14.3 Å². The summed E-state index contributed by atoms with van der Waals surface area (Å²) in [6, 6.07) is 8.65. The fraction of sp³-hybridized carbons (Fsp3) is 0.238. The zero-order chi connectivity index (χ0) is 22.1. The summed E-state index contributed by atoms with van der Waals surface area (Å²) in [5, 5.41) is 4.96. The molecule has 9 heteroatoms. The maximum atomic E-state index is 13.5. The molecule has 0 saturated heterocycles. The maximum Gasteiger partial charge on any atom is 0.308 e. The van der Waals surface area contributed by atoms with Gasteiger partial charge in [-0.15, -0.1) is 0 Å². The molecule has 2 aromatic carbocycles. The topological polar surface area (TPSA) is 102 Å². The Morgan fingerprint density at radius 1 is 1.00 bits per heavy atom. The van der Waals surface area contributed by atoms with Gasteiger partial charge in [-0.1, -0.05) is 6.92 Å². The van der Waals surface area contributed by atoms with E-state index in [-0.39, 0.29) is 24.4 Å². The first-order valence-electron chi connectivity index (χ1n) is 9.12. The number of halogens is 2. The van der Waals surface area contributed by atoms with Gasteiger partial charge in [0.15, 0.2) is 12.4 Å². The molecule has 0 bridgehead atoms. The highest BCUT2D eigenvalue weighted by Crippen LogP contribution is 2.11. The van der Waals surface area contributed by atoms with Crippen molar-refractivity contribution in [2.45, 2.75) is 19.8 Å². The van der Waals surface area contributed by atoms with Crippen molar-refractivity contribution in [3.05, 3.63) is 65.2 Å². The predicted octanol–water partition coefficient (Wildman–Crippen LogP) is 2.86. The van der Waals surface area contributed by atoms with Crippen molar-refractivity contribution in [1.29, 1.82) is 0 Å². The first kappa shape index (κ1) is 22.7. The van der Waals surface area contributed by atoms with E-state index in [2.05, 4.69) is 10.6 Å². The highest BCUT2D eigenvalue weighted by Gasteiger charge is 2.14. The molecule has 0 aliphatic carbocycles. The minimum atomic E-state index is -1.01. The highest BCUT2D eigenvalue weighted by atomic mass is 19.1. The standard InChI is InChI=1S/C21H20F2N2O5/c1-2-19(27)25-15-6-3-13(4-7-15)18(26)12-30-20(28)9-10-24-21(29)16-8-5-14(22)11-17(16)23/h3-8,11H,2,9-10,12H2,1H3,(H,24,29)(H,25,27). The zero-order valence-electron chi connectivity index (χ0n) is 16.2. The number of Topliss-reactive ketones (excluding diaryl/α,β-unsaturated/α-hetero) is 1. The second kappa shape index (κ2) is 10.8. The molecule has 0 atom stereocenters. The van der Waals surface area contributed by atoms with Gasteiger partial charge in [0, 0.05) is 30.3 Å². The highest BCUT2D eigenvalue weighted by molar-refractivity contribution is 5.99. The van der Waals surface area contributed by atoms with E-state index < -0.39 is 35.9 Å². The Bertz CT molecular complexity index is 945. The molecule has 0 fully saturated rings. The van der Waals surface area contributed by atoms with Crippen molar-refractivity contribution in [1.82, 2.24) is 5.32 Å². The number of hydrogen-bond donors (Lipinski definition) is 2. The second-order valence-electron chi connectivity index (χ2n) is 6.19. The number of hydrogen-bond acceptors (Lipinski definition) is 5. The molecule has 2 N–H and O–H groups in total. The largest absolute Gasteiger partial charge is 0.457 e. The Hall–Kier alpha value is -3.62. The predicted molar refractivity (Wildman–Crippen MR) is 104 cm³/mol. The molecule has 0 heterocycles. The average molecular weight is 418 g/mol.